The van der Waals surface area contributed by atoms with Gasteiger partial charge >= 0.3 is 0 Å². The van der Waals surface area contributed by atoms with E-state index in [1.165, 1.54) is 0 Å². The van der Waals surface area contributed by atoms with Crippen LogP contribution in [0.25, 0.3) is 0 Å². The monoisotopic (exact) mass is 380 g/mol. The van der Waals surface area contributed by atoms with E-state index in [1.54, 1.807) is 37.3 Å². The standard InChI is InChI=1S/C18H18Cl2N2O3/c1-12(15-8-7-13(19)9-16(15)20)22-17(23)10-21-18(24)11-25-14-5-3-2-4-6-14/h2-9,12H,10-11H2,1H3,(H,21,24)(H,22,23)/t12-/m1/s1. The van der Waals surface area contributed by atoms with Crippen LogP contribution in [-0.4, -0.2) is 25.0 Å². The molecule has 5 nitrogen and oxygen atoms in total. The minimum Gasteiger partial charge on any atom is -0.484 e. The summed E-state index contributed by atoms with van der Waals surface area (Å²) in [6, 6.07) is 13.7. The van der Waals surface area contributed by atoms with E-state index in [2.05, 4.69) is 10.6 Å². The second-order valence-electron chi connectivity index (χ2n) is 5.33. The van der Waals surface area contributed by atoms with Crippen LogP contribution >= 0.6 is 23.2 Å². The van der Waals surface area contributed by atoms with Crippen molar-refractivity contribution in [2.45, 2.75) is 13.0 Å². The van der Waals surface area contributed by atoms with Crippen molar-refractivity contribution in [1.29, 1.82) is 0 Å². The highest BCUT2D eigenvalue weighted by molar-refractivity contribution is 6.35. The highest BCUT2D eigenvalue weighted by Crippen LogP contribution is 2.25. The van der Waals surface area contributed by atoms with Gasteiger partial charge in [-0.3, -0.25) is 9.59 Å². The zero-order chi connectivity index (χ0) is 18.2. The Kier molecular flexibility index (Phi) is 7.10. The number of carbonyl (C=O) groups excluding carboxylic acids is 2. The number of ether oxygens (including phenoxy) is 1. The van der Waals surface area contributed by atoms with E-state index in [-0.39, 0.29) is 31.0 Å². The summed E-state index contributed by atoms with van der Waals surface area (Å²) in [5.41, 5.74) is 0.748. The van der Waals surface area contributed by atoms with E-state index in [0.717, 1.165) is 5.56 Å². The number of benzene rings is 2. The summed E-state index contributed by atoms with van der Waals surface area (Å²) in [5, 5.41) is 6.27. The van der Waals surface area contributed by atoms with Crippen LogP contribution in [0.15, 0.2) is 48.5 Å². The summed E-state index contributed by atoms with van der Waals surface area (Å²) >= 11 is 12.0. The molecular formula is C18H18Cl2N2O3. The van der Waals surface area contributed by atoms with Crippen LogP contribution in [0.3, 0.4) is 0 Å². The fraction of sp³-hybridized carbons (Fsp3) is 0.222. The third-order valence-corrected chi connectivity index (χ3v) is 3.93. The number of halogens is 2. The van der Waals surface area contributed by atoms with Gasteiger partial charge in [0.1, 0.15) is 5.75 Å². The predicted molar refractivity (Wildman–Crippen MR) is 98.0 cm³/mol. The van der Waals surface area contributed by atoms with Gasteiger partial charge in [0.25, 0.3) is 5.91 Å². The molecule has 2 aromatic carbocycles. The van der Waals surface area contributed by atoms with Crippen LogP contribution < -0.4 is 15.4 Å². The predicted octanol–water partition coefficient (Wildman–Crippen LogP) is 3.37. The molecule has 0 bridgehead atoms. The van der Waals surface area contributed by atoms with E-state index >= 15 is 0 Å². The second kappa shape index (κ2) is 9.30. The van der Waals surface area contributed by atoms with Crippen molar-refractivity contribution in [2.75, 3.05) is 13.2 Å². The molecule has 0 fully saturated rings. The zero-order valence-electron chi connectivity index (χ0n) is 13.6. The SMILES string of the molecule is C[C@@H](NC(=O)CNC(=O)COc1ccccc1)c1ccc(Cl)cc1Cl. The smallest absolute Gasteiger partial charge is 0.258 e. The molecule has 7 heteroatoms. The largest absolute Gasteiger partial charge is 0.484 e. The molecule has 2 N–H and O–H groups in total. The molecule has 0 aromatic heterocycles. The van der Waals surface area contributed by atoms with Crippen molar-refractivity contribution in [3.05, 3.63) is 64.1 Å². The minimum atomic E-state index is -0.379. The van der Waals surface area contributed by atoms with Gasteiger partial charge in [-0.1, -0.05) is 47.5 Å². The molecule has 2 amide bonds. The van der Waals surface area contributed by atoms with Crippen molar-refractivity contribution in [3.63, 3.8) is 0 Å². The van der Waals surface area contributed by atoms with Crippen molar-refractivity contribution < 1.29 is 14.3 Å². The fourth-order valence-electron chi connectivity index (χ4n) is 2.12. The Hall–Kier alpha value is -2.24. The Morgan fingerprint density at radius 1 is 1.08 bits per heavy atom. The lowest BCUT2D eigenvalue weighted by molar-refractivity contribution is -0.127. The van der Waals surface area contributed by atoms with E-state index in [9.17, 15) is 9.59 Å². The first-order chi connectivity index (χ1) is 12.0. The normalized spacial score (nSPS) is 11.5. The van der Waals surface area contributed by atoms with Gasteiger partial charge in [-0.05, 0) is 36.8 Å². The zero-order valence-corrected chi connectivity index (χ0v) is 15.1. The molecule has 2 aromatic rings. The molecule has 25 heavy (non-hydrogen) atoms. The molecule has 0 aliphatic carbocycles. The summed E-state index contributed by atoms with van der Waals surface area (Å²) in [6.07, 6.45) is 0. The lowest BCUT2D eigenvalue weighted by Gasteiger charge is -2.16. The molecule has 2 rings (SSSR count). The van der Waals surface area contributed by atoms with Gasteiger partial charge in [-0.25, -0.2) is 0 Å². The molecule has 0 saturated carbocycles. The first kappa shape index (κ1) is 19.1. The summed E-state index contributed by atoms with van der Waals surface area (Å²) in [6.45, 7) is 1.50. The van der Waals surface area contributed by atoms with Crippen LogP contribution in [0.5, 0.6) is 5.75 Å². The average Bonchev–Trinajstić information content (AvgIpc) is 2.59. The Labute approximate surface area is 156 Å². The Bertz CT molecular complexity index is 738. The van der Waals surface area contributed by atoms with Crippen LogP contribution in [0.4, 0.5) is 0 Å². The molecule has 132 valence electrons. The van der Waals surface area contributed by atoms with Crippen molar-refractivity contribution in [3.8, 4) is 5.75 Å². The highest BCUT2D eigenvalue weighted by Gasteiger charge is 2.13. The molecule has 0 aliphatic heterocycles. The number of hydrogen-bond donors (Lipinski definition) is 2. The molecule has 0 unspecified atom stereocenters. The number of hydrogen-bond acceptors (Lipinski definition) is 3. The van der Waals surface area contributed by atoms with Crippen molar-refractivity contribution >= 4 is 35.0 Å². The molecule has 0 spiro atoms. The number of para-hydroxylation sites is 1. The minimum absolute atomic E-state index is 0.146. The second-order valence-corrected chi connectivity index (χ2v) is 6.18. The number of nitrogens with one attached hydrogen (secondary N) is 2. The maximum atomic E-state index is 11.9. The first-order valence-electron chi connectivity index (χ1n) is 7.64. The molecule has 1 atom stereocenters. The van der Waals surface area contributed by atoms with Crippen LogP contribution in [0.1, 0.15) is 18.5 Å². The van der Waals surface area contributed by atoms with Gasteiger partial charge in [-0.15, -0.1) is 0 Å². The van der Waals surface area contributed by atoms with E-state index in [1.807, 2.05) is 18.2 Å². The Morgan fingerprint density at radius 3 is 2.48 bits per heavy atom. The summed E-state index contributed by atoms with van der Waals surface area (Å²) in [5.74, 6) is -0.115. The molecular weight excluding hydrogens is 363 g/mol. The molecule has 0 aliphatic rings. The Morgan fingerprint density at radius 2 is 1.80 bits per heavy atom. The van der Waals surface area contributed by atoms with Gasteiger partial charge in [0.05, 0.1) is 12.6 Å². The van der Waals surface area contributed by atoms with Crippen LogP contribution in [0, 0.1) is 0 Å². The van der Waals surface area contributed by atoms with Gasteiger partial charge in [0, 0.05) is 10.0 Å². The van der Waals surface area contributed by atoms with E-state index in [0.29, 0.717) is 15.8 Å². The van der Waals surface area contributed by atoms with Gasteiger partial charge in [0.15, 0.2) is 6.61 Å². The maximum absolute atomic E-state index is 11.9. The van der Waals surface area contributed by atoms with Crippen molar-refractivity contribution in [2.24, 2.45) is 0 Å². The van der Waals surface area contributed by atoms with Gasteiger partial charge in [-0.2, -0.15) is 0 Å². The Balaban J connectivity index is 1.75. The number of rotatable bonds is 7. The molecule has 0 heterocycles. The molecule has 0 saturated heterocycles. The topological polar surface area (TPSA) is 67.4 Å². The third kappa shape index (κ3) is 6.29. The van der Waals surface area contributed by atoms with Crippen LogP contribution in [-0.2, 0) is 9.59 Å². The lowest BCUT2D eigenvalue weighted by atomic mass is 10.1. The van der Waals surface area contributed by atoms with E-state index in [4.69, 9.17) is 27.9 Å². The van der Waals surface area contributed by atoms with Crippen LogP contribution in [0.2, 0.25) is 10.0 Å². The van der Waals surface area contributed by atoms with Gasteiger partial charge in [0.2, 0.25) is 5.91 Å². The maximum Gasteiger partial charge on any atom is 0.258 e. The fourth-order valence-corrected chi connectivity index (χ4v) is 2.69. The first-order valence-corrected chi connectivity index (χ1v) is 8.40. The van der Waals surface area contributed by atoms with Crippen molar-refractivity contribution in [1.82, 2.24) is 10.6 Å². The highest BCUT2D eigenvalue weighted by atomic mass is 35.5. The third-order valence-electron chi connectivity index (χ3n) is 3.37. The average molecular weight is 381 g/mol. The van der Waals surface area contributed by atoms with Gasteiger partial charge < -0.3 is 15.4 Å². The lowest BCUT2D eigenvalue weighted by Crippen LogP contribution is -2.39. The molecule has 0 radical (unpaired) electrons. The number of amides is 2. The summed E-state index contributed by atoms with van der Waals surface area (Å²) in [4.78, 5) is 23.7. The summed E-state index contributed by atoms with van der Waals surface area (Å²) in [7, 11) is 0. The number of carbonyl (C=O) groups is 2. The quantitative estimate of drug-likeness (QED) is 0.773. The summed E-state index contributed by atoms with van der Waals surface area (Å²) < 4.78 is 5.30. The van der Waals surface area contributed by atoms with E-state index < -0.39 is 0 Å².